The van der Waals surface area contributed by atoms with Gasteiger partial charge in [0, 0.05) is 84.3 Å². The molecule has 7 heterocycles. The maximum atomic E-state index is 14.8. The number of methoxy groups -OCH3 is 1. The number of hydrogen-bond acceptors (Lipinski definition) is 12. The van der Waals surface area contributed by atoms with Gasteiger partial charge >= 0.3 is 5.97 Å². The number of aromatic nitrogens is 3. The van der Waals surface area contributed by atoms with E-state index in [9.17, 15) is 14.4 Å². The van der Waals surface area contributed by atoms with Crippen molar-refractivity contribution in [1.82, 2.24) is 35.2 Å². The Hall–Kier alpha value is -4.25. The van der Waals surface area contributed by atoms with Crippen molar-refractivity contribution in [2.45, 2.75) is 130 Å². The fourth-order valence-electron chi connectivity index (χ4n) is 11.7. The lowest BCUT2D eigenvalue weighted by molar-refractivity contribution is -0.156. The summed E-state index contributed by atoms with van der Waals surface area (Å²) in [5, 5.41) is 8.35. The monoisotopic (exact) mass is 938 g/mol. The van der Waals surface area contributed by atoms with Gasteiger partial charge in [-0.2, -0.15) is 0 Å². The zero-order chi connectivity index (χ0) is 47.3. The van der Waals surface area contributed by atoms with Gasteiger partial charge in [0.15, 0.2) is 0 Å². The molecule has 4 fully saturated rings. The van der Waals surface area contributed by atoms with E-state index in [2.05, 4.69) is 99.1 Å². The van der Waals surface area contributed by atoms with Crippen LogP contribution in [0, 0.1) is 29.1 Å². The van der Waals surface area contributed by atoms with Crippen molar-refractivity contribution in [3.63, 3.8) is 0 Å². The lowest BCUT2D eigenvalue weighted by Crippen LogP contribution is -2.61. The number of rotatable bonds is 10. The molecule has 0 radical (unpaired) electrons. The summed E-state index contributed by atoms with van der Waals surface area (Å²) < 4.78 is 27.1. The molecule has 5 aliphatic rings. The van der Waals surface area contributed by atoms with Gasteiger partial charge in [0.1, 0.15) is 23.2 Å². The van der Waals surface area contributed by atoms with E-state index in [1.165, 1.54) is 21.9 Å². The van der Waals surface area contributed by atoms with Gasteiger partial charge in [0.2, 0.25) is 5.91 Å². The Kier molecular flexibility index (Phi) is 14.0. The van der Waals surface area contributed by atoms with Crippen LogP contribution in [0.15, 0.2) is 35.8 Å². The second-order valence-electron chi connectivity index (χ2n) is 20.8. The van der Waals surface area contributed by atoms with Crippen LogP contribution in [0.5, 0.6) is 0 Å². The minimum absolute atomic E-state index is 0.161. The number of ether oxygens (including phenoxy) is 4. The van der Waals surface area contributed by atoms with Gasteiger partial charge in [-0.1, -0.05) is 40.7 Å². The van der Waals surface area contributed by atoms with E-state index in [-0.39, 0.29) is 42.3 Å². The van der Waals surface area contributed by atoms with Crippen LogP contribution in [-0.2, 0) is 46.3 Å². The summed E-state index contributed by atoms with van der Waals surface area (Å²) in [6.45, 7) is 21.9. The molecule has 1 aromatic carbocycles. The van der Waals surface area contributed by atoms with E-state index in [0.717, 1.165) is 83.8 Å². The van der Waals surface area contributed by atoms with Gasteiger partial charge in [-0.3, -0.25) is 29.3 Å². The fraction of sp³-hybridized carbons (Fsp3) is 0.635. The van der Waals surface area contributed by atoms with Crippen LogP contribution in [0.1, 0.15) is 121 Å². The third kappa shape index (κ3) is 9.45. The van der Waals surface area contributed by atoms with Crippen LogP contribution in [0.2, 0.25) is 0 Å². The Labute approximate surface area is 399 Å². The number of hydrazine groups is 1. The van der Waals surface area contributed by atoms with Gasteiger partial charge in [0.05, 0.1) is 43.0 Å². The lowest BCUT2D eigenvalue weighted by atomic mass is 9.82. The molecule has 9 atom stereocenters. The zero-order valence-corrected chi connectivity index (χ0v) is 41.7. The van der Waals surface area contributed by atoms with Crippen molar-refractivity contribution < 1.29 is 33.3 Å². The maximum Gasteiger partial charge on any atom is 0.324 e. The summed E-state index contributed by atoms with van der Waals surface area (Å²) in [4.78, 5) is 56.0. The van der Waals surface area contributed by atoms with Crippen LogP contribution in [0.3, 0.4) is 0 Å². The van der Waals surface area contributed by atoms with E-state index >= 15 is 0 Å². The molecule has 4 aromatic rings. The molecule has 67 heavy (non-hydrogen) atoms. The van der Waals surface area contributed by atoms with E-state index in [0.29, 0.717) is 61.8 Å². The first-order valence-electron chi connectivity index (χ1n) is 24.8. The molecule has 3 saturated heterocycles. The number of benzene rings is 1. The van der Waals surface area contributed by atoms with Crippen molar-refractivity contribution in [2.75, 3.05) is 53.2 Å². The zero-order valence-electron chi connectivity index (χ0n) is 40.9. The Morgan fingerprint density at radius 1 is 1.10 bits per heavy atom. The predicted molar refractivity (Wildman–Crippen MR) is 259 cm³/mol. The van der Waals surface area contributed by atoms with Gasteiger partial charge in [-0.25, -0.2) is 10.4 Å². The number of pyridine rings is 1. The maximum absolute atomic E-state index is 14.8. The second kappa shape index (κ2) is 19.6. The van der Waals surface area contributed by atoms with Crippen molar-refractivity contribution in [3.05, 3.63) is 57.7 Å². The molecule has 3 aromatic heterocycles. The highest BCUT2D eigenvalue weighted by Crippen LogP contribution is 2.51. The first-order chi connectivity index (χ1) is 32.2. The molecule has 6 bridgehead atoms. The Morgan fingerprint density at radius 2 is 1.93 bits per heavy atom. The molecule has 0 spiro atoms. The van der Waals surface area contributed by atoms with Gasteiger partial charge in [0.25, 0.3) is 5.91 Å². The third-order valence-electron chi connectivity index (χ3n) is 15.4. The van der Waals surface area contributed by atoms with Crippen LogP contribution >= 0.6 is 11.3 Å². The van der Waals surface area contributed by atoms with Crippen molar-refractivity contribution in [3.8, 4) is 22.5 Å². The van der Waals surface area contributed by atoms with Crippen molar-refractivity contribution in [1.29, 1.82) is 0 Å². The van der Waals surface area contributed by atoms with Gasteiger partial charge in [-0.15, -0.1) is 11.3 Å². The molecule has 14 nitrogen and oxygen atoms in total. The highest BCUT2D eigenvalue weighted by Gasteiger charge is 2.54. The molecular weight excluding hydrogens is 867 g/mol. The summed E-state index contributed by atoms with van der Waals surface area (Å²) in [5.74, 6) is -0.0279. The number of esters is 1. The number of thiazole rings is 1. The van der Waals surface area contributed by atoms with Crippen molar-refractivity contribution in [2.24, 2.45) is 29.1 Å². The second-order valence-corrected chi connectivity index (χ2v) is 21.7. The minimum Gasteiger partial charge on any atom is -0.464 e. The number of fused-ring (bicyclic) bond motifs is 7. The molecule has 1 saturated carbocycles. The summed E-state index contributed by atoms with van der Waals surface area (Å²) in [7, 11) is 1.74. The third-order valence-corrected chi connectivity index (χ3v) is 16.3. The minimum atomic E-state index is -1.08. The number of nitrogens with zero attached hydrogens (tertiary/aromatic N) is 5. The number of morpholine rings is 1. The SMILES string of the molecule is CCO[C@@H]1c2nc(cs2)-c2ccc3c(c2)c(c(-c2cc([C@@H]4CCN5CCOCC5C4)cnc2[C@H](C)OC)n3CC)CC(C)(C)COC(=O)[C@@H]2CCCN(N2)C(=O)[C@H]1NC(=O)[C@H]1[C@H](C)[C@@H]1C(C)C. The summed E-state index contributed by atoms with van der Waals surface area (Å²) in [5.41, 5.74) is 10.9. The molecule has 4 aliphatic heterocycles. The van der Waals surface area contributed by atoms with E-state index in [4.69, 9.17) is 28.9 Å². The summed E-state index contributed by atoms with van der Waals surface area (Å²) in [6.07, 6.45) is 4.72. The number of amides is 2. The van der Waals surface area contributed by atoms with Crippen molar-refractivity contribution >= 4 is 40.0 Å². The number of carbonyl (C=O) groups is 3. The highest BCUT2D eigenvalue weighted by atomic mass is 32.1. The Balaban J connectivity index is 1.18. The first kappa shape index (κ1) is 47.8. The number of carbonyl (C=O) groups excluding carboxylic acids is 3. The largest absolute Gasteiger partial charge is 0.464 e. The van der Waals surface area contributed by atoms with Crippen LogP contribution < -0.4 is 10.7 Å². The Morgan fingerprint density at radius 3 is 2.67 bits per heavy atom. The summed E-state index contributed by atoms with van der Waals surface area (Å²) in [6, 6.07) is 7.50. The average molecular weight is 938 g/mol. The normalized spacial score (nSPS) is 28.5. The molecule has 362 valence electrons. The van der Waals surface area contributed by atoms with Crippen LogP contribution in [0.4, 0.5) is 0 Å². The molecular formula is C52H71N7O7S. The first-order valence-corrected chi connectivity index (χ1v) is 25.7. The number of piperidine rings is 1. The van der Waals surface area contributed by atoms with Crippen LogP contribution in [0.25, 0.3) is 33.4 Å². The van der Waals surface area contributed by atoms with Gasteiger partial charge < -0.3 is 28.8 Å². The molecule has 1 aliphatic carbocycles. The van der Waals surface area contributed by atoms with E-state index in [1.54, 1.807) is 7.11 Å². The standard InChI is InChI=1S/C52H71N7O7S/c1-10-58-41-15-14-33-22-36(41)38(46(58)37-23-34(25-53-44(37)31(6)63-9)32-16-18-57-19-20-64-26-35(57)21-32)24-52(7,8)28-66-51(62)39-13-12-17-59(56-39)50(61)45(47(65-11-2)49-54-40(33)27-67-49)55-48(60)43-30(5)42(43)29(3)4/h14-15,22-23,25,27,29-32,35,39,42-43,45,47,56H,10-13,16-21,24,26,28H2,1-9H3,(H,55,60)/t30-,31+,32-,35?,39+,42+,43+,45+,47+/m1/s1. The Bertz CT molecular complexity index is 2470. The number of cyclic esters (lactones) is 1. The molecule has 9 rings (SSSR count). The average Bonchev–Trinajstić information content (AvgIpc) is 3.62. The smallest absolute Gasteiger partial charge is 0.324 e. The molecule has 15 heteroatoms. The lowest BCUT2D eigenvalue weighted by Gasteiger charge is -2.42. The predicted octanol–water partition coefficient (Wildman–Crippen LogP) is 7.85. The van der Waals surface area contributed by atoms with Gasteiger partial charge in [-0.05, 0) is 112 Å². The van der Waals surface area contributed by atoms with E-state index in [1.807, 2.05) is 12.3 Å². The number of hydrogen-bond donors (Lipinski definition) is 2. The summed E-state index contributed by atoms with van der Waals surface area (Å²) >= 11 is 1.43. The molecule has 2 amide bonds. The quantitative estimate of drug-likeness (QED) is 0.150. The topological polar surface area (TPSA) is 149 Å². The number of nitrogens with one attached hydrogen (secondary N) is 2. The molecule has 2 N–H and O–H groups in total. The highest BCUT2D eigenvalue weighted by molar-refractivity contribution is 7.10. The fourth-order valence-corrected chi connectivity index (χ4v) is 12.6. The number of aryl methyl sites for hydroxylation is 1. The molecule has 1 unspecified atom stereocenters. The van der Waals surface area contributed by atoms with Crippen LogP contribution in [-0.4, -0.2) is 114 Å². The van der Waals surface area contributed by atoms with E-state index < -0.39 is 29.6 Å².